The van der Waals surface area contributed by atoms with Gasteiger partial charge in [0.1, 0.15) is 0 Å². The summed E-state index contributed by atoms with van der Waals surface area (Å²) in [6.07, 6.45) is 7.80. The van der Waals surface area contributed by atoms with Crippen LogP contribution in [0, 0.1) is 0 Å². The Morgan fingerprint density at radius 2 is 1.94 bits per heavy atom. The molecule has 0 N–H and O–H groups in total. The fraction of sp³-hybridized carbons (Fsp3) is 0.929. The van der Waals surface area contributed by atoms with Crippen LogP contribution >= 0.6 is 11.8 Å². The van der Waals surface area contributed by atoms with Gasteiger partial charge in [0.2, 0.25) is 5.91 Å². The maximum absolute atomic E-state index is 12.3. The molecule has 0 radical (unpaired) electrons. The van der Waals surface area contributed by atoms with Gasteiger partial charge in [0, 0.05) is 30.8 Å². The third kappa shape index (κ3) is 3.02. The van der Waals surface area contributed by atoms with Gasteiger partial charge >= 0.3 is 0 Å². The predicted octanol–water partition coefficient (Wildman–Crippen LogP) is 2.21. The first-order valence-corrected chi connectivity index (χ1v) is 8.69. The van der Waals surface area contributed by atoms with Crippen molar-refractivity contribution < 1.29 is 4.79 Å². The zero-order valence-electron chi connectivity index (χ0n) is 11.7. The Morgan fingerprint density at radius 1 is 1.22 bits per heavy atom. The van der Waals surface area contributed by atoms with Gasteiger partial charge in [-0.25, -0.2) is 0 Å². The molecule has 0 bridgehead atoms. The van der Waals surface area contributed by atoms with Gasteiger partial charge < -0.3 is 4.90 Å². The minimum atomic E-state index is 0.384. The summed E-state index contributed by atoms with van der Waals surface area (Å²) in [5.41, 5.74) is 0. The summed E-state index contributed by atoms with van der Waals surface area (Å²) in [6, 6.07) is 1.14. The molecule has 104 valence electrons. The molecule has 2 atom stereocenters. The SMILES string of the molecule is CCN1CCC[C@H]1[C@H]1CCCN1C(=O)CCSC. The third-order valence-corrected chi connectivity index (χ3v) is 5.02. The fourth-order valence-electron chi connectivity index (χ4n) is 3.52. The molecular weight excluding hydrogens is 244 g/mol. The summed E-state index contributed by atoms with van der Waals surface area (Å²) in [5.74, 6) is 1.35. The molecule has 0 aromatic rings. The summed E-state index contributed by atoms with van der Waals surface area (Å²) in [7, 11) is 0. The molecule has 2 fully saturated rings. The molecular formula is C14H26N2OS. The van der Waals surface area contributed by atoms with E-state index in [-0.39, 0.29) is 0 Å². The number of hydrogen-bond acceptors (Lipinski definition) is 3. The van der Waals surface area contributed by atoms with Gasteiger partial charge in [-0.15, -0.1) is 0 Å². The van der Waals surface area contributed by atoms with Crippen molar-refractivity contribution in [2.75, 3.05) is 31.6 Å². The molecule has 1 amide bonds. The molecule has 2 rings (SSSR count). The largest absolute Gasteiger partial charge is 0.338 e. The Kier molecular flexibility index (Phi) is 5.37. The number of thioether (sulfide) groups is 1. The maximum atomic E-state index is 12.3. The smallest absolute Gasteiger partial charge is 0.223 e. The molecule has 2 aliphatic rings. The van der Waals surface area contributed by atoms with Crippen LogP contribution in [0.3, 0.4) is 0 Å². The average Bonchev–Trinajstić information content (AvgIpc) is 3.02. The zero-order chi connectivity index (χ0) is 13.0. The van der Waals surface area contributed by atoms with E-state index in [1.807, 2.05) is 0 Å². The normalized spacial score (nSPS) is 29.1. The Morgan fingerprint density at radius 3 is 2.67 bits per heavy atom. The van der Waals surface area contributed by atoms with E-state index in [1.54, 1.807) is 11.8 Å². The van der Waals surface area contributed by atoms with Gasteiger partial charge in [-0.2, -0.15) is 11.8 Å². The summed E-state index contributed by atoms with van der Waals surface area (Å²) >= 11 is 1.77. The van der Waals surface area contributed by atoms with E-state index in [0.29, 0.717) is 18.0 Å². The summed E-state index contributed by atoms with van der Waals surface area (Å²) < 4.78 is 0. The second-order valence-electron chi connectivity index (χ2n) is 5.38. The molecule has 2 aliphatic heterocycles. The van der Waals surface area contributed by atoms with Crippen molar-refractivity contribution in [2.45, 2.75) is 51.1 Å². The first-order valence-electron chi connectivity index (χ1n) is 7.30. The lowest BCUT2D eigenvalue weighted by Gasteiger charge is -2.34. The summed E-state index contributed by atoms with van der Waals surface area (Å²) in [6.45, 7) is 5.59. The quantitative estimate of drug-likeness (QED) is 0.765. The van der Waals surface area contributed by atoms with E-state index in [9.17, 15) is 4.79 Å². The van der Waals surface area contributed by atoms with E-state index in [2.05, 4.69) is 23.0 Å². The number of carbonyl (C=O) groups excluding carboxylic acids is 1. The molecule has 2 heterocycles. The number of hydrogen-bond donors (Lipinski definition) is 0. The van der Waals surface area contributed by atoms with Gasteiger partial charge in [0.05, 0.1) is 0 Å². The molecule has 2 saturated heterocycles. The van der Waals surface area contributed by atoms with Crippen molar-refractivity contribution in [1.82, 2.24) is 9.80 Å². The van der Waals surface area contributed by atoms with Crippen molar-refractivity contribution >= 4 is 17.7 Å². The number of carbonyl (C=O) groups is 1. The standard InChI is InChI=1S/C14H26N2OS/c1-3-15-9-4-6-12(15)13-7-5-10-16(13)14(17)8-11-18-2/h12-13H,3-11H2,1-2H3/t12-,13+/m0/s1. The lowest BCUT2D eigenvalue weighted by atomic mass is 10.0. The number of likely N-dealkylation sites (tertiary alicyclic amines) is 2. The van der Waals surface area contributed by atoms with Crippen LogP contribution in [-0.2, 0) is 4.79 Å². The van der Waals surface area contributed by atoms with E-state index < -0.39 is 0 Å². The Balaban J connectivity index is 1.96. The third-order valence-electron chi connectivity index (χ3n) is 4.40. The Labute approximate surface area is 115 Å². The van der Waals surface area contributed by atoms with E-state index in [4.69, 9.17) is 0 Å². The topological polar surface area (TPSA) is 23.6 Å². The van der Waals surface area contributed by atoms with Gasteiger partial charge in [-0.05, 0) is 45.0 Å². The van der Waals surface area contributed by atoms with E-state index in [0.717, 1.165) is 25.3 Å². The molecule has 0 aromatic heterocycles. The van der Waals surface area contributed by atoms with Crippen LogP contribution < -0.4 is 0 Å². The molecule has 18 heavy (non-hydrogen) atoms. The molecule has 0 aliphatic carbocycles. The van der Waals surface area contributed by atoms with Gasteiger partial charge in [0.25, 0.3) is 0 Å². The minimum absolute atomic E-state index is 0.384. The molecule has 0 unspecified atom stereocenters. The van der Waals surface area contributed by atoms with Crippen LogP contribution in [0.25, 0.3) is 0 Å². The highest BCUT2D eigenvalue weighted by Crippen LogP contribution is 2.30. The first kappa shape index (κ1) is 14.2. The summed E-state index contributed by atoms with van der Waals surface area (Å²) in [4.78, 5) is 17.0. The van der Waals surface area contributed by atoms with Crippen molar-refractivity contribution in [3.63, 3.8) is 0 Å². The number of amides is 1. The van der Waals surface area contributed by atoms with Crippen molar-refractivity contribution in [3.05, 3.63) is 0 Å². The van der Waals surface area contributed by atoms with Crippen LogP contribution in [0.15, 0.2) is 0 Å². The maximum Gasteiger partial charge on any atom is 0.223 e. The lowest BCUT2D eigenvalue weighted by molar-refractivity contribution is -0.132. The van der Waals surface area contributed by atoms with Crippen LogP contribution in [0.2, 0.25) is 0 Å². The highest BCUT2D eigenvalue weighted by Gasteiger charge is 2.38. The highest BCUT2D eigenvalue weighted by molar-refractivity contribution is 7.98. The highest BCUT2D eigenvalue weighted by atomic mass is 32.2. The minimum Gasteiger partial charge on any atom is -0.338 e. The number of likely N-dealkylation sites (N-methyl/N-ethyl adjacent to an activating group) is 1. The predicted molar refractivity (Wildman–Crippen MR) is 78.0 cm³/mol. The van der Waals surface area contributed by atoms with Gasteiger partial charge in [-0.1, -0.05) is 6.92 Å². The molecule has 4 heteroatoms. The van der Waals surface area contributed by atoms with Crippen molar-refractivity contribution in [3.8, 4) is 0 Å². The molecule has 0 spiro atoms. The lowest BCUT2D eigenvalue weighted by Crippen LogP contribution is -2.48. The first-order chi connectivity index (χ1) is 8.77. The Bertz CT molecular complexity index is 285. The molecule has 0 aromatic carbocycles. The zero-order valence-corrected chi connectivity index (χ0v) is 12.5. The van der Waals surface area contributed by atoms with Crippen molar-refractivity contribution in [1.29, 1.82) is 0 Å². The molecule has 0 saturated carbocycles. The van der Waals surface area contributed by atoms with Gasteiger partial charge in [0.15, 0.2) is 0 Å². The fourth-order valence-corrected chi connectivity index (χ4v) is 3.89. The Hall–Kier alpha value is -0.220. The second-order valence-corrected chi connectivity index (χ2v) is 6.36. The summed E-state index contributed by atoms with van der Waals surface area (Å²) in [5, 5.41) is 0. The van der Waals surface area contributed by atoms with E-state index in [1.165, 1.54) is 32.2 Å². The van der Waals surface area contributed by atoms with Crippen LogP contribution in [0.4, 0.5) is 0 Å². The monoisotopic (exact) mass is 270 g/mol. The second kappa shape index (κ2) is 6.80. The average molecular weight is 270 g/mol. The van der Waals surface area contributed by atoms with Crippen LogP contribution in [-0.4, -0.2) is 59.4 Å². The number of nitrogens with zero attached hydrogens (tertiary/aromatic N) is 2. The number of rotatable bonds is 5. The van der Waals surface area contributed by atoms with E-state index >= 15 is 0 Å². The van der Waals surface area contributed by atoms with Crippen molar-refractivity contribution in [2.24, 2.45) is 0 Å². The van der Waals surface area contributed by atoms with Gasteiger partial charge in [-0.3, -0.25) is 9.69 Å². The van der Waals surface area contributed by atoms with Crippen LogP contribution in [0.5, 0.6) is 0 Å². The van der Waals surface area contributed by atoms with Crippen LogP contribution in [0.1, 0.15) is 39.0 Å². The molecule has 3 nitrogen and oxygen atoms in total.